The molecule has 506 valence electrons. The minimum Gasteiger partial charge on any atom is -0.492 e. The number of nitrogens with one attached hydrogen (secondary N) is 2. The van der Waals surface area contributed by atoms with Crippen LogP contribution in [0.25, 0.3) is 0 Å². The smallest absolute Gasteiger partial charge is 0.310 e. The highest BCUT2D eigenvalue weighted by Gasteiger charge is 2.52. The molecule has 4 saturated heterocycles. The van der Waals surface area contributed by atoms with Gasteiger partial charge in [-0.1, -0.05) is 70.0 Å². The minimum atomic E-state index is -2.10. The zero-order valence-electron chi connectivity index (χ0n) is 53.5. The Morgan fingerprint density at radius 1 is 0.879 bits per heavy atom. The van der Waals surface area contributed by atoms with Gasteiger partial charge in [0.05, 0.1) is 97.8 Å². The number of amides is 1. The Hall–Kier alpha value is -3.62. The monoisotopic (exact) mass is 1450 g/mol. The average Bonchev–Trinajstić information content (AvgIpc) is 0.803. The number of halogens is 1. The van der Waals surface area contributed by atoms with E-state index in [1.54, 1.807) is 55.0 Å². The lowest BCUT2D eigenvalue weighted by Gasteiger charge is -2.46. The van der Waals surface area contributed by atoms with Gasteiger partial charge in [-0.15, -0.1) is 0 Å². The average molecular weight is 1450 g/mol. The zero-order chi connectivity index (χ0) is 66.8. The maximum atomic E-state index is 14.5. The Morgan fingerprint density at radius 2 is 1.58 bits per heavy atom. The van der Waals surface area contributed by atoms with Gasteiger partial charge in [0, 0.05) is 74.8 Å². The molecule has 7 N–H and O–H groups in total. The predicted molar refractivity (Wildman–Crippen MR) is 345 cm³/mol. The first kappa shape index (κ1) is 74.8. The topological polar surface area (TPSA) is 317 Å². The SMILES string of the molecule is CCN[C@H]1CO[C@@H](O[C@H]2[C@H](O[C@H]3C#C/C=C\C#C[C@]4(O)CC(=O)C(CC(=O)OC)=C3/C4=C\CSSC(C)(C)CC(=O)N(C)C)O[C@H](C)[C@@H](NO[C@H]3C[C@H](O)[C@H](SC(=O)c4c(C)c(I)c(O[C@@H]5O[C@@H](C)[C@H](O)[C@@H](OC)[C@H]5O)c(OC)c4OC)[C@@H](C)O3)[C@@H]2O)C[C@@H]1OC. The van der Waals surface area contributed by atoms with Crippen molar-refractivity contribution < 1.29 is 106 Å². The first-order valence-electron chi connectivity index (χ1n) is 29.7. The van der Waals surface area contributed by atoms with E-state index < -0.39 is 138 Å². The van der Waals surface area contributed by atoms with Gasteiger partial charge < -0.3 is 92.6 Å². The van der Waals surface area contributed by atoms with Crippen molar-refractivity contribution in [3.05, 3.63) is 49.6 Å². The first-order chi connectivity index (χ1) is 43.2. The number of aliphatic hydroxyl groups excluding tert-OH is 4. The molecule has 6 aliphatic rings. The van der Waals surface area contributed by atoms with Crippen LogP contribution in [0.15, 0.2) is 34.9 Å². The third kappa shape index (κ3) is 17.9. The van der Waals surface area contributed by atoms with E-state index in [2.05, 4.69) is 34.5 Å². The fourth-order valence-corrected chi connectivity index (χ4v) is 15.5. The van der Waals surface area contributed by atoms with Crippen molar-refractivity contribution >= 4 is 78.7 Å². The number of ketones is 1. The molecule has 4 heterocycles. The van der Waals surface area contributed by atoms with Gasteiger partial charge in [-0.2, -0.15) is 5.48 Å². The number of esters is 1. The van der Waals surface area contributed by atoms with E-state index in [0.29, 0.717) is 15.7 Å². The standard InChI is InChI=1S/C62H86IN3O22S3/c1-15-64-36-29-81-43(26-40(36)76-10)86-55-50(72)48(65-88-44-25-37(67)57(33(5)82-44)90-58(74)45-30(2)47(63)53(56(80-14)52(45)78-12)87-59-51(73)54(79-13)49(71)32(4)84-59)31(3)83-60(55)85-39-20-18-16-17-19-22-62(75)27-38(68)34(24-42(70)77-11)46(39)35(62)21-23-89-91-61(6,7)28-41(69)66(8)9/h16-17,21,31-33,36-37,39-40,43-44,48-51,54-55,57,59-60,64-65,67,71-73,75H,15,23-29H2,1-14H3/b17-16-,35-21+/t31-,32+,33-,36+,37+,39+,40+,43+,44+,48-,49+,50+,51-,54-,55-,57-,59+,60+,62+/m1/s1. The zero-order valence-corrected chi connectivity index (χ0v) is 58.1. The molecule has 0 aromatic heterocycles. The van der Waals surface area contributed by atoms with E-state index in [-0.39, 0.29) is 89.2 Å². The molecule has 91 heavy (non-hydrogen) atoms. The number of Topliss-reactive ketones (excluding diaryl/α,β-unsaturated/α-hetero) is 1. The second kappa shape index (κ2) is 33.4. The minimum absolute atomic E-state index is 0.0209. The molecule has 4 aliphatic heterocycles. The van der Waals surface area contributed by atoms with Crippen molar-refractivity contribution in [3.8, 4) is 40.9 Å². The summed E-state index contributed by atoms with van der Waals surface area (Å²) in [5, 5.41) is 60.6. The first-order valence-corrected chi connectivity index (χ1v) is 34.0. The molecular weight excluding hydrogens is 1360 g/mol. The summed E-state index contributed by atoms with van der Waals surface area (Å²) in [5.74, 6) is 10.6. The van der Waals surface area contributed by atoms with E-state index >= 15 is 0 Å². The van der Waals surface area contributed by atoms with Crippen LogP contribution in [0.2, 0.25) is 0 Å². The van der Waals surface area contributed by atoms with Crippen molar-refractivity contribution in [2.45, 2.75) is 201 Å². The molecule has 0 radical (unpaired) electrons. The Labute approximate surface area is 557 Å². The maximum Gasteiger partial charge on any atom is 0.310 e. The van der Waals surface area contributed by atoms with Crippen LogP contribution in [0, 0.1) is 34.2 Å². The van der Waals surface area contributed by atoms with E-state index in [1.165, 1.54) is 67.1 Å². The third-order valence-electron chi connectivity index (χ3n) is 16.3. The molecule has 4 fully saturated rings. The number of aliphatic hydroxyl groups is 5. The van der Waals surface area contributed by atoms with Crippen LogP contribution in [0.5, 0.6) is 17.2 Å². The number of benzene rings is 1. The lowest BCUT2D eigenvalue weighted by Crippen LogP contribution is -2.65. The lowest BCUT2D eigenvalue weighted by atomic mass is 9.72. The molecular formula is C62H86IN3O22S3. The second-order valence-corrected chi connectivity index (χ2v) is 28.7. The number of carbonyl (C=O) groups is 4. The number of methoxy groups -OCH3 is 5. The summed E-state index contributed by atoms with van der Waals surface area (Å²) >= 11 is 2.82. The molecule has 2 aliphatic carbocycles. The summed E-state index contributed by atoms with van der Waals surface area (Å²) in [6.45, 7) is 13.3. The van der Waals surface area contributed by atoms with Crippen LogP contribution in [-0.2, 0) is 61.9 Å². The van der Waals surface area contributed by atoms with Crippen LogP contribution in [-0.4, -0.2) is 242 Å². The fraction of sp³-hybridized carbons (Fsp3) is 0.677. The summed E-state index contributed by atoms with van der Waals surface area (Å²) in [5.41, 5.74) is 1.51. The molecule has 19 atom stereocenters. The Bertz CT molecular complexity index is 2970. The summed E-state index contributed by atoms with van der Waals surface area (Å²) in [7, 11) is 13.1. The summed E-state index contributed by atoms with van der Waals surface area (Å²) in [6.07, 6.45) is -13.3. The van der Waals surface area contributed by atoms with Gasteiger partial charge in [-0.05, 0) is 88.4 Å². The number of rotatable bonds is 25. The van der Waals surface area contributed by atoms with Gasteiger partial charge in [0.2, 0.25) is 23.1 Å². The van der Waals surface area contributed by atoms with E-state index in [1.807, 2.05) is 43.4 Å². The quantitative estimate of drug-likeness (QED) is 0.0184. The van der Waals surface area contributed by atoms with Gasteiger partial charge >= 0.3 is 5.97 Å². The molecule has 0 spiro atoms. The highest BCUT2D eigenvalue weighted by atomic mass is 127. The fourth-order valence-electron chi connectivity index (χ4n) is 11.4. The lowest BCUT2D eigenvalue weighted by molar-refractivity contribution is -0.336. The van der Waals surface area contributed by atoms with Crippen LogP contribution in [0.3, 0.4) is 0 Å². The van der Waals surface area contributed by atoms with E-state index in [0.717, 1.165) is 11.8 Å². The van der Waals surface area contributed by atoms with Gasteiger partial charge in [-0.25, -0.2) is 0 Å². The largest absolute Gasteiger partial charge is 0.492 e. The maximum absolute atomic E-state index is 14.5. The molecule has 1 aromatic rings. The molecule has 1 aromatic carbocycles. The molecule has 2 bridgehead atoms. The Balaban J connectivity index is 1.13. The van der Waals surface area contributed by atoms with Gasteiger partial charge in [0.15, 0.2) is 41.8 Å². The van der Waals surface area contributed by atoms with Crippen LogP contribution in [0.4, 0.5) is 0 Å². The second-order valence-electron chi connectivity index (χ2n) is 23.4. The van der Waals surface area contributed by atoms with Crippen molar-refractivity contribution in [3.63, 3.8) is 0 Å². The molecule has 25 nitrogen and oxygen atoms in total. The molecule has 29 heteroatoms. The normalized spacial score (nSPS) is 34.2. The van der Waals surface area contributed by atoms with Crippen molar-refractivity contribution in [2.24, 2.45) is 0 Å². The number of hydrogen-bond acceptors (Lipinski definition) is 27. The van der Waals surface area contributed by atoms with E-state index in [9.17, 15) is 44.7 Å². The summed E-state index contributed by atoms with van der Waals surface area (Å²) in [6, 6.07) is -1.30. The molecule has 1 amide bonds. The van der Waals surface area contributed by atoms with Crippen LogP contribution in [0.1, 0.15) is 89.6 Å². The molecule has 0 unspecified atom stereocenters. The summed E-state index contributed by atoms with van der Waals surface area (Å²) in [4.78, 5) is 62.4. The predicted octanol–water partition coefficient (Wildman–Crippen LogP) is 3.43. The Kier molecular flexibility index (Phi) is 27.4. The third-order valence-corrected chi connectivity index (χ3v) is 22.1. The number of allylic oxidation sites excluding steroid dienone is 2. The summed E-state index contributed by atoms with van der Waals surface area (Å²) < 4.78 is 72.5. The number of hydrogen-bond donors (Lipinski definition) is 7. The molecule has 0 saturated carbocycles. The van der Waals surface area contributed by atoms with Crippen molar-refractivity contribution in [2.75, 3.05) is 68.5 Å². The number of fused-ring (bicyclic) bond motifs is 2. The van der Waals surface area contributed by atoms with Crippen LogP contribution >= 0.6 is 55.9 Å². The Morgan fingerprint density at radius 3 is 2.23 bits per heavy atom. The van der Waals surface area contributed by atoms with Gasteiger partial charge in [0.25, 0.3) is 0 Å². The number of nitrogens with zero attached hydrogens (tertiary/aromatic N) is 1. The highest BCUT2D eigenvalue weighted by molar-refractivity contribution is 14.1. The van der Waals surface area contributed by atoms with Crippen LogP contribution < -0.4 is 25.0 Å². The van der Waals surface area contributed by atoms with Crippen molar-refractivity contribution in [1.29, 1.82) is 0 Å². The number of hydroxylamine groups is 1. The molecule has 7 rings (SSSR count). The highest BCUT2D eigenvalue weighted by Crippen LogP contribution is 2.49. The number of carbonyl (C=O) groups excluding carboxylic acids is 4. The van der Waals surface area contributed by atoms with Gasteiger partial charge in [0.1, 0.15) is 36.6 Å². The number of thioether (sulfide) groups is 1. The van der Waals surface area contributed by atoms with Gasteiger partial charge in [-0.3, -0.25) is 24.0 Å². The number of likely N-dealkylation sites (N-methyl/N-ethyl adjacent to an activating group) is 1. The van der Waals surface area contributed by atoms with E-state index in [4.69, 9.17) is 61.7 Å². The van der Waals surface area contributed by atoms with Crippen molar-refractivity contribution in [1.82, 2.24) is 15.7 Å². The number of ether oxygens (including phenoxy) is 12.